The van der Waals surface area contributed by atoms with Gasteiger partial charge in [0.05, 0.1) is 12.0 Å². The zero-order chi connectivity index (χ0) is 22.7. The Kier molecular flexibility index (Phi) is 6.99. The molecule has 2 aromatic rings. The Labute approximate surface area is 189 Å². The van der Waals surface area contributed by atoms with Gasteiger partial charge in [0, 0.05) is 24.0 Å². The molecule has 0 saturated carbocycles. The maximum atomic E-state index is 12.7. The number of rotatable bonds is 7. The highest BCUT2D eigenvalue weighted by Gasteiger charge is 2.33. The first kappa shape index (κ1) is 22.6. The Morgan fingerprint density at radius 3 is 2.88 bits per heavy atom. The highest BCUT2D eigenvalue weighted by atomic mass is 16.5. The normalized spacial score (nSPS) is 21.2. The molecule has 172 valence electrons. The number of hydrogen-bond acceptors (Lipinski definition) is 5. The smallest absolute Gasteiger partial charge is 0.340 e. The highest BCUT2D eigenvalue weighted by Crippen LogP contribution is 2.30. The van der Waals surface area contributed by atoms with E-state index in [9.17, 15) is 9.59 Å². The number of fused-ring (bicyclic) bond motifs is 2. The number of hydrogen-bond donors (Lipinski definition) is 1. The van der Waals surface area contributed by atoms with Crippen molar-refractivity contribution in [2.45, 2.75) is 58.4 Å². The molecule has 0 radical (unpaired) electrons. The first-order chi connectivity index (χ1) is 15.4. The Hall–Kier alpha value is -2.60. The third kappa shape index (κ3) is 5.07. The monoisotopic (exact) mass is 438 g/mol. The van der Waals surface area contributed by atoms with Crippen LogP contribution in [0.1, 0.15) is 50.2 Å². The molecule has 1 aromatic heterocycles. The number of ether oxygens (including phenoxy) is 1. The van der Waals surface area contributed by atoms with Gasteiger partial charge in [0.15, 0.2) is 0 Å². The van der Waals surface area contributed by atoms with Gasteiger partial charge in [-0.3, -0.25) is 4.79 Å². The molecule has 1 N–H and O–H groups in total. The molecule has 2 aliphatic heterocycles. The van der Waals surface area contributed by atoms with Crippen LogP contribution in [-0.2, 0) is 11.2 Å². The number of nitrogens with one attached hydrogen (secondary N) is 1. The molecule has 2 saturated heterocycles. The zero-order valence-electron chi connectivity index (χ0n) is 19.2. The van der Waals surface area contributed by atoms with E-state index in [-0.39, 0.29) is 12.3 Å². The van der Waals surface area contributed by atoms with Crippen molar-refractivity contribution in [3.05, 3.63) is 51.9 Å². The standard InChI is InChI=1S/C26H34N2O4/c1-17(2)16-31-20-9-10-21-18(3)22(26(30)32-24(21)13-20)14-25(29)27-15-19-7-6-12-28-11-5-4-8-23(19)28/h9-10,13,19,23H,1,4-8,11-12,14-16H2,2-3H3,(H,27,29)/t19-,23-/m1/s1. The molecule has 4 rings (SSSR count). The highest BCUT2D eigenvalue weighted by molar-refractivity contribution is 5.85. The summed E-state index contributed by atoms with van der Waals surface area (Å²) in [5.41, 5.74) is 2.13. The average Bonchev–Trinajstić information content (AvgIpc) is 2.78. The first-order valence-electron chi connectivity index (χ1n) is 11.8. The summed E-state index contributed by atoms with van der Waals surface area (Å²) in [5.74, 6) is 1.01. The van der Waals surface area contributed by atoms with Crippen molar-refractivity contribution in [1.29, 1.82) is 0 Å². The van der Waals surface area contributed by atoms with E-state index in [1.165, 1.54) is 38.8 Å². The van der Waals surface area contributed by atoms with Crippen molar-refractivity contribution in [3.63, 3.8) is 0 Å². The summed E-state index contributed by atoms with van der Waals surface area (Å²) in [6.07, 6.45) is 6.19. The van der Waals surface area contributed by atoms with Gasteiger partial charge in [-0.2, -0.15) is 0 Å². The van der Waals surface area contributed by atoms with E-state index >= 15 is 0 Å². The van der Waals surface area contributed by atoms with Crippen LogP contribution in [0.4, 0.5) is 0 Å². The van der Waals surface area contributed by atoms with E-state index in [0.29, 0.717) is 42.0 Å². The summed E-state index contributed by atoms with van der Waals surface area (Å²) in [5, 5.41) is 3.92. The van der Waals surface area contributed by atoms with Gasteiger partial charge in [0.1, 0.15) is 17.9 Å². The fourth-order valence-electron chi connectivity index (χ4n) is 5.16. The van der Waals surface area contributed by atoms with Crippen molar-refractivity contribution >= 4 is 16.9 Å². The lowest BCUT2D eigenvalue weighted by Gasteiger charge is -2.44. The van der Waals surface area contributed by atoms with Crippen molar-refractivity contribution < 1.29 is 13.9 Å². The molecule has 32 heavy (non-hydrogen) atoms. The quantitative estimate of drug-likeness (QED) is 0.523. The minimum atomic E-state index is -0.460. The van der Waals surface area contributed by atoms with Crippen LogP contribution >= 0.6 is 0 Å². The second-order valence-electron chi connectivity index (χ2n) is 9.38. The van der Waals surface area contributed by atoms with Crippen molar-refractivity contribution in [2.24, 2.45) is 5.92 Å². The predicted molar refractivity (Wildman–Crippen MR) is 126 cm³/mol. The summed E-state index contributed by atoms with van der Waals surface area (Å²) in [6, 6.07) is 6.03. The molecule has 6 heteroatoms. The van der Waals surface area contributed by atoms with Gasteiger partial charge in [0.25, 0.3) is 0 Å². The van der Waals surface area contributed by atoms with Gasteiger partial charge < -0.3 is 19.4 Å². The minimum absolute atomic E-state index is 0.0408. The zero-order valence-corrected chi connectivity index (χ0v) is 19.2. The summed E-state index contributed by atoms with van der Waals surface area (Å²) in [7, 11) is 0. The molecule has 2 aliphatic rings. The van der Waals surface area contributed by atoms with E-state index in [2.05, 4.69) is 16.8 Å². The van der Waals surface area contributed by atoms with Gasteiger partial charge >= 0.3 is 5.63 Å². The summed E-state index contributed by atoms with van der Waals surface area (Å²) < 4.78 is 11.2. The van der Waals surface area contributed by atoms with E-state index < -0.39 is 5.63 Å². The maximum absolute atomic E-state index is 12.7. The molecular formula is C26H34N2O4. The molecule has 2 atom stereocenters. The molecule has 0 spiro atoms. The molecule has 1 aromatic carbocycles. The molecule has 0 bridgehead atoms. The molecule has 3 heterocycles. The van der Waals surface area contributed by atoms with Crippen LogP contribution in [0.15, 0.2) is 39.6 Å². The second-order valence-corrected chi connectivity index (χ2v) is 9.38. The summed E-state index contributed by atoms with van der Waals surface area (Å²) >= 11 is 0. The largest absolute Gasteiger partial charge is 0.489 e. The molecule has 0 unspecified atom stereocenters. The van der Waals surface area contributed by atoms with Crippen molar-refractivity contribution in [2.75, 3.05) is 26.2 Å². The van der Waals surface area contributed by atoms with Crippen LogP contribution < -0.4 is 15.7 Å². The Morgan fingerprint density at radius 2 is 2.06 bits per heavy atom. The lowest BCUT2D eigenvalue weighted by Crippen LogP contribution is -2.51. The van der Waals surface area contributed by atoms with Crippen LogP contribution in [0.5, 0.6) is 5.75 Å². The van der Waals surface area contributed by atoms with Crippen LogP contribution in [0.25, 0.3) is 11.0 Å². The fourth-order valence-corrected chi connectivity index (χ4v) is 5.16. The number of carbonyl (C=O) groups excluding carboxylic acids is 1. The van der Waals surface area contributed by atoms with Crippen molar-refractivity contribution in [3.8, 4) is 5.75 Å². The number of nitrogens with zero attached hydrogens (tertiary/aromatic N) is 1. The number of amides is 1. The Bertz CT molecular complexity index is 1060. The van der Waals surface area contributed by atoms with Crippen LogP contribution in [0, 0.1) is 12.8 Å². The van der Waals surface area contributed by atoms with Crippen LogP contribution in [0.2, 0.25) is 0 Å². The molecule has 2 fully saturated rings. The number of aryl methyl sites for hydroxylation is 1. The SMILES string of the molecule is C=C(C)COc1ccc2c(C)c(CC(=O)NC[C@H]3CCCN4CCCC[C@H]34)c(=O)oc2c1. The molecule has 6 nitrogen and oxygen atoms in total. The Morgan fingerprint density at radius 1 is 1.25 bits per heavy atom. The van der Waals surface area contributed by atoms with E-state index in [0.717, 1.165) is 22.9 Å². The van der Waals surface area contributed by atoms with Crippen LogP contribution in [-0.4, -0.2) is 43.1 Å². The van der Waals surface area contributed by atoms with Crippen molar-refractivity contribution in [1.82, 2.24) is 10.2 Å². The summed E-state index contributed by atoms with van der Waals surface area (Å²) in [6.45, 7) is 11.1. The summed E-state index contributed by atoms with van der Waals surface area (Å²) in [4.78, 5) is 28.0. The van der Waals surface area contributed by atoms with Gasteiger partial charge in [0.2, 0.25) is 5.91 Å². The topological polar surface area (TPSA) is 71.8 Å². The van der Waals surface area contributed by atoms with Gasteiger partial charge in [-0.05, 0) is 81.8 Å². The van der Waals surface area contributed by atoms with E-state index in [1.54, 1.807) is 6.07 Å². The van der Waals surface area contributed by atoms with E-state index in [1.807, 2.05) is 26.0 Å². The second kappa shape index (κ2) is 9.90. The number of carbonyl (C=O) groups is 1. The van der Waals surface area contributed by atoms with Gasteiger partial charge in [-0.25, -0.2) is 4.79 Å². The van der Waals surface area contributed by atoms with Gasteiger partial charge in [-0.1, -0.05) is 13.0 Å². The van der Waals surface area contributed by atoms with Gasteiger partial charge in [-0.15, -0.1) is 0 Å². The number of piperidine rings is 2. The Balaban J connectivity index is 1.42. The lowest BCUT2D eigenvalue weighted by atomic mass is 9.83. The van der Waals surface area contributed by atoms with Crippen LogP contribution in [0.3, 0.4) is 0 Å². The lowest BCUT2D eigenvalue weighted by molar-refractivity contribution is -0.120. The molecular weight excluding hydrogens is 404 g/mol. The minimum Gasteiger partial charge on any atom is -0.489 e. The number of benzene rings is 1. The van der Waals surface area contributed by atoms with E-state index in [4.69, 9.17) is 9.15 Å². The first-order valence-corrected chi connectivity index (χ1v) is 11.8. The molecule has 1 amide bonds. The average molecular weight is 439 g/mol. The third-order valence-electron chi connectivity index (χ3n) is 6.87. The predicted octanol–water partition coefficient (Wildman–Crippen LogP) is 3.98. The molecule has 0 aliphatic carbocycles. The maximum Gasteiger partial charge on any atom is 0.340 e. The fraction of sp³-hybridized carbons (Fsp3) is 0.538. The third-order valence-corrected chi connectivity index (χ3v) is 6.87.